The third-order valence-electron chi connectivity index (χ3n) is 5.23. The minimum absolute atomic E-state index is 0.428. The Bertz CT molecular complexity index is 1090. The molecule has 0 spiro atoms. The molecule has 2 aromatic heterocycles. The van der Waals surface area contributed by atoms with Crippen LogP contribution >= 0.6 is 0 Å². The van der Waals surface area contributed by atoms with Gasteiger partial charge in [-0.15, -0.1) is 0 Å². The third kappa shape index (κ3) is 2.36. The first-order chi connectivity index (χ1) is 13.7. The second-order valence-corrected chi connectivity index (χ2v) is 6.83. The van der Waals surface area contributed by atoms with E-state index in [4.69, 9.17) is 20.1 Å². The molecule has 5 rings (SSSR count). The van der Waals surface area contributed by atoms with Crippen molar-refractivity contribution in [2.24, 2.45) is 15.7 Å². The Morgan fingerprint density at radius 2 is 2.07 bits per heavy atom. The summed E-state index contributed by atoms with van der Waals surface area (Å²) < 4.78 is 19.6. The fraction of sp³-hybridized carbons (Fsp3) is 0.190. The van der Waals surface area contributed by atoms with Gasteiger partial charge in [-0.2, -0.15) is 4.39 Å². The molecule has 1 unspecified atom stereocenters. The van der Waals surface area contributed by atoms with E-state index in [0.29, 0.717) is 18.1 Å². The molecular formula is C21H18FN5O. The van der Waals surface area contributed by atoms with Crippen LogP contribution in [0.4, 0.5) is 4.39 Å². The second-order valence-electron chi connectivity index (χ2n) is 6.83. The number of pyridine rings is 1. The molecule has 28 heavy (non-hydrogen) atoms. The average Bonchev–Trinajstić information content (AvgIpc) is 3.36. The monoisotopic (exact) mass is 375 g/mol. The predicted octanol–water partition coefficient (Wildman–Crippen LogP) is 3.16. The number of halogens is 1. The molecule has 2 N–H and O–H groups in total. The van der Waals surface area contributed by atoms with Crippen LogP contribution < -0.4 is 5.73 Å². The van der Waals surface area contributed by atoms with Crippen molar-refractivity contribution in [3.05, 3.63) is 78.3 Å². The molecule has 1 atom stereocenters. The molecule has 0 saturated heterocycles. The zero-order chi connectivity index (χ0) is 19.1. The second kappa shape index (κ2) is 6.30. The third-order valence-corrected chi connectivity index (χ3v) is 5.23. The molecule has 0 bridgehead atoms. The Kier molecular flexibility index (Phi) is 3.75. The van der Waals surface area contributed by atoms with E-state index in [1.807, 2.05) is 35.2 Å². The number of hydrogen-bond acceptors (Lipinski definition) is 6. The average molecular weight is 375 g/mol. The molecule has 6 nitrogen and oxygen atoms in total. The highest BCUT2D eigenvalue weighted by atomic mass is 19.1. The van der Waals surface area contributed by atoms with Gasteiger partial charge in [0.1, 0.15) is 5.84 Å². The van der Waals surface area contributed by atoms with Crippen LogP contribution in [0.2, 0.25) is 0 Å². The lowest BCUT2D eigenvalue weighted by Gasteiger charge is -2.32. The first kappa shape index (κ1) is 16.7. The molecule has 2 aliphatic heterocycles. The summed E-state index contributed by atoms with van der Waals surface area (Å²) in [5.41, 5.74) is 8.20. The number of rotatable bonds is 3. The van der Waals surface area contributed by atoms with Crippen LogP contribution in [-0.4, -0.2) is 34.8 Å². The lowest BCUT2D eigenvalue weighted by Crippen LogP contribution is -2.46. The SMILES string of the molecule is NC1=NC(c2ccoc2)(c2cccc(-c3cccnc3F)c2)C2=NCCCN12. The number of furan rings is 1. The van der Waals surface area contributed by atoms with E-state index in [2.05, 4.69) is 4.98 Å². The summed E-state index contributed by atoms with van der Waals surface area (Å²) in [7, 11) is 0. The van der Waals surface area contributed by atoms with Crippen molar-refractivity contribution in [2.45, 2.75) is 12.0 Å². The zero-order valence-corrected chi connectivity index (χ0v) is 15.0. The normalized spacial score (nSPS) is 21.2. The fourth-order valence-corrected chi connectivity index (χ4v) is 3.96. The number of fused-ring (bicyclic) bond motifs is 1. The van der Waals surface area contributed by atoms with Crippen LogP contribution in [0.1, 0.15) is 17.5 Å². The molecule has 0 fully saturated rings. The molecule has 1 aromatic carbocycles. The van der Waals surface area contributed by atoms with E-state index in [9.17, 15) is 4.39 Å². The highest BCUT2D eigenvalue weighted by molar-refractivity contribution is 6.12. The Morgan fingerprint density at radius 1 is 1.14 bits per heavy atom. The van der Waals surface area contributed by atoms with Gasteiger partial charge in [0.25, 0.3) is 0 Å². The molecule has 0 radical (unpaired) electrons. The fourth-order valence-electron chi connectivity index (χ4n) is 3.96. The quantitative estimate of drug-likeness (QED) is 0.713. The summed E-state index contributed by atoms with van der Waals surface area (Å²) in [6, 6.07) is 12.9. The van der Waals surface area contributed by atoms with Gasteiger partial charge in [0.2, 0.25) is 5.95 Å². The molecule has 140 valence electrons. The number of guanidine groups is 1. The van der Waals surface area contributed by atoms with Crippen LogP contribution in [0.5, 0.6) is 0 Å². The van der Waals surface area contributed by atoms with Gasteiger partial charge in [-0.25, -0.2) is 9.98 Å². The molecular weight excluding hydrogens is 357 g/mol. The van der Waals surface area contributed by atoms with Crippen molar-refractivity contribution in [3.63, 3.8) is 0 Å². The van der Waals surface area contributed by atoms with Gasteiger partial charge >= 0.3 is 0 Å². The van der Waals surface area contributed by atoms with Crippen molar-refractivity contribution < 1.29 is 8.81 Å². The summed E-state index contributed by atoms with van der Waals surface area (Å²) in [5, 5.41) is 0. The summed E-state index contributed by atoms with van der Waals surface area (Å²) >= 11 is 0. The maximum absolute atomic E-state index is 14.3. The van der Waals surface area contributed by atoms with Gasteiger partial charge in [-0.3, -0.25) is 9.89 Å². The Hall–Kier alpha value is -3.48. The summed E-state index contributed by atoms with van der Waals surface area (Å²) in [5.74, 6) is 0.696. The van der Waals surface area contributed by atoms with Crippen LogP contribution in [0.25, 0.3) is 11.1 Å². The van der Waals surface area contributed by atoms with Crippen LogP contribution in [0.3, 0.4) is 0 Å². The zero-order valence-electron chi connectivity index (χ0n) is 15.0. The van der Waals surface area contributed by atoms with E-state index >= 15 is 0 Å². The largest absolute Gasteiger partial charge is 0.472 e. The van der Waals surface area contributed by atoms with Gasteiger partial charge in [0, 0.05) is 30.4 Å². The van der Waals surface area contributed by atoms with Crippen LogP contribution in [-0.2, 0) is 5.54 Å². The minimum Gasteiger partial charge on any atom is -0.472 e. The first-order valence-electron chi connectivity index (χ1n) is 9.12. The highest BCUT2D eigenvalue weighted by Crippen LogP contribution is 2.42. The molecule has 0 saturated carbocycles. The van der Waals surface area contributed by atoms with Crippen molar-refractivity contribution in [1.29, 1.82) is 0 Å². The van der Waals surface area contributed by atoms with Crippen molar-refractivity contribution >= 4 is 11.8 Å². The molecule has 3 aromatic rings. The lowest BCUT2D eigenvalue weighted by atomic mass is 9.82. The number of benzene rings is 1. The predicted molar refractivity (Wildman–Crippen MR) is 104 cm³/mol. The smallest absolute Gasteiger partial charge is 0.220 e. The van der Waals surface area contributed by atoms with Gasteiger partial charge in [0.05, 0.1) is 12.5 Å². The number of amidine groups is 1. The number of aliphatic imine (C=N–C) groups is 2. The minimum atomic E-state index is -0.911. The van der Waals surface area contributed by atoms with Gasteiger partial charge < -0.3 is 10.2 Å². The van der Waals surface area contributed by atoms with Gasteiger partial charge in [-0.1, -0.05) is 18.2 Å². The maximum atomic E-state index is 14.3. The molecule has 0 amide bonds. The number of hydrogen-bond donors (Lipinski definition) is 1. The summed E-state index contributed by atoms with van der Waals surface area (Å²) in [6.45, 7) is 1.48. The first-order valence-corrected chi connectivity index (χ1v) is 9.12. The highest BCUT2D eigenvalue weighted by Gasteiger charge is 2.49. The van der Waals surface area contributed by atoms with Gasteiger partial charge in [-0.05, 0) is 41.8 Å². The van der Waals surface area contributed by atoms with E-state index < -0.39 is 11.5 Å². The van der Waals surface area contributed by atoms with Crippen LogP contribution in [0, 0.1) is 5.95 Å². The van der Waals surface area contributed by atoms with Crippen molar-refractivity contribution in [1.82, 2.24) is 9.88 Å². The molecule has 7 heteroatoms. The Morgan fingerprint density at radius 3 is 2.89 bits per heavy atom. The summed E-state index contributed by atoms with van der Waals surface area (Å²) in [4.78, 5) is 15.3. The van der Waals surface area contributed by atoms with E-state index in [1.54, 1.807) is 24.7 Å². The standard InChI is InChI=1S/C21H18FN5O/c22-18-17(6-2-8-24-18)14-4-1-5-15(12-14)21(16-7-11-28-13-16)19-25-9-3-10-27(19)20(23)26-21/h1-2,4-8,11-13H,3,9-10H2,(H2,23,26). The Labute approximate surface area is 161 Å². The molecule has 2 aliphatic rings. The van der Waals surface area contributed by atoms with E-state index in [1.165, 1.54) is 6.20 Å². The van der Waals surface area contributed by atoms with E-state index in [0.717, 1.165) is 35.5 Å². The van der Waals surface area contributed by atoms with Crippen LogP contribution in [0.15, 0.2) is 75.6 Å². The van der Waals surface area contributed by atoms with Crippen molar-refractivity contribution in [2.75, 3.05) is 13.1 Å². The van der Waals surface area contributed by atoms with Crippen molar-refractivity contribution in [3.8, 4) is 11.1 Å². The number of nitrogens with zero attached hydrogens (tertiary/aromatic N) is 4. The number of nitrogens with two attached hydrogens (primary N) is 1. The molecule has 4 heterocycles. The topological polar surface area (TPSA) is 80.0 Å². The number of aromatic nitrogens is 1. The lowest BCUT2D eigenvalue weighted by molar-refractivity contribution is 0.525. The summed E-state index contributed by atoms with van der Waals surface area (Å²) in [6.07, 6.45) is 5.63. The van der Waals surface area contributed by atoms with E-state index in [-0.39, 0.29) is 0 Å². The Balaban J connectivity index is 1.74. The molecule has 0 aliphatic carbocycles. The maximum Gasteiger partial charge on any atom is 0.220 e. The van der Waals surface area contributed by atoms with Gasteiger partial charge in [0.15, 0.2) is 11.5 Å².